The zero-order chi connectivity index (χ0) is 22.9. The van der Waals surface area contributed by atoms with Crippen molar-refractivity contribution in [1.82, 2.24) is 34.5 Å². The fourth-order valence-electron chi connectivity index (χ4n) is 4.66. The monoisotopic (exact) mass is 495 g/mol. The van der Waals surface area contributed by atoms with Crippen LogP contribution in [0.3, 0.4) is 0 Å². The number of hydrogen-bond acceptors (Lipinski definition) is 8. The molecule has 33 heavy (non-hydrogen) atoms. The lowest BCUT2D eigenvalue weighted by Crippen LogP contribution is -2.31. The van der Waals surface area contributed by atoms with E-state index in [4.69, 9.17) is 32.7 Å². The van der Waals surface area contributed by atoms with Gasteiger partial charge in [-0.05, 0) is 24.4 Å². The standard InChI is InChI=1S/C21H27Cl2N7O3/c1-2-3-4-5-6-7-8-12-9-30(28-27-12)13-10-32-17-15(31)20(33-16(13)17)29-11-24-14-18(22)25-21(23)26-19(14)29/h9,11,13,15-17,20,31H,2-8,10H2,1H3/t13-,15+,16+,17+,20+/m0/s1. The molecule has 0 amide bonds. The molecule has 0 radical (unpaired) electrons. The molecule has 0 unspecified atom stereocenters. The summed E-state index contributed by atoms with van der Waals surface area (Å²) < 4.78 is 15.6. The number of nitrogens with zero attached hydrogens (tertiary/aromatic N) is 7. The lowest BCUT2D eigenvalue weighted by Gasteiger charge is -2.20. The van der Waals surface area contributed by atoms with Crippen LogP contribution in [0.1, 0.15) is 63.4 Å². The van der Waals surface area contributed by atoms with Crippen molar-refractivity contribution in [2.75, 3.05) is 6.61 Å². The van der Waals surface area contributed by atoms with Gasteiger partial charge in [0.05, 0.1) is 18.6 Å². The summed E-state index contributed by atoms with van der Waals surface area (Å²) in [6.07, 6.45) is 9.24. The van der Waals surface area contributed by atoms with Crippen LogP contribution in [0.4, 0.5) is 0 Å². The number of rotatable bonds is 9. The third kappa shape index (κ3) is 4.46. The van der Waals surface area contributed by atoms with Gasteiger partial charge in [-0.2, -0.15) is 4.98 Å². The Bertz CT molecular complexity index is 1110. The number of halogens is 2. The van der Waals surface area contributed by atoms with Gasteiger partial charge >= 0.3 is 0 Å². The second kappa shape index (κ2) is 9.79. The summed E-state index contributed by atoms with van der Waals surface area (Å²) in [5, 5.41) is 19.8. The van der Waals surface area contributed by atoms with Gasteiger partial charge in [0, 0.05) is 6.20 Å². The van der Waals surface area contributed by atoms with Crippen molar-refractivity contribution < 1.29 is 14.6 Å². The predicted molar refractivity (Wildman–Crippen MR) is 121 cm³/mol. The molecule has 178 valence electrons. The Labute approximate surface area is 201 Å². The summed E-state index contributed by atoms with van der Waals surface area (Å²) in [4.78, 5) is 12.4. The molecule has 12 heteroatoms. The lowest BCUT2D eigenvalue weighted by molar-refractivity contribution is -0.0589. The molecule has 2 fully saturated rings. The van der Waals surface area contributed by atoms with Crippen LogP contribution in [0.15, 0.2) is 12.5 Å². The molecule has 2 aliphatic heterocycles. The molecule has 0 bridgehead atoms. The normalized spacial score (nSPS) is 27.0. The SMILES string of the molecule is CCCCCCCCc1cn([C@H]2CO[C@@H]3[C@@H](O)[C@H](n4cnc5c(Cl)nc(Cl)nc54)O[C@@H]32)nn1. The molecule has 3 aromatic rings. The Kier molecular flexibility index (Phi) is 6.80. The number of imidazole rings is 1. The number of fused-ring (bicyclic) bond motifs is 2. The first-order chi connectivity index (χ1) is 16.1. The molecule has 0 aromatic carbocycles. The molecule has 5 atom stereocenters. The molecule has 0 aliphatic carbocycles. The van der Waals surface area contributed by atoms with Gasteiger partial charge in [0.15, 0.2) is 17.0 Å². The molecule has 0 spiro atoms. The molecule has 2 aliphatic rings. The summed E-state index contributed by atoms with van der Waals surface area (Å²) in [5.41, 5.74) is 1.75. The van der Waals surface area contributed by atoms with Crippen LogP contribution in [0.5, 0.6) is 0 Å². The predicted octanol–water partition coefficient (Wildman–Crippen LogP) is 3.53. The van der Waals surface area contributed by atoms with E-state index in [1.165, 1.54) is 38.4 Å². The number of aliphatic hydroxyl groups is 1. The fourth-order valence-corrected chi connectivity index (χ4v) is 5.08. The topological polar surface area (TPSA) is 113 Å². The van der Waals surface area contributed by atoms with Crippen molar-refractivity contribution in [3.05, 3.63) is 28.7 Å². The van der Waals surface area contributed by atoms with Gasteiger partial charge in [0.1, 0.15) is 29.9 Å². The molecule has 3 aromatic heterocycles. The maximum atomic E-state index is 11.0. The highest BCUT2D eigenvalue weighted by atomic mass is 35.5. The van der Waals surface area contributed by atoms with E-state index in [0.29, 0.717) is 17.8 Å². The van der Waals surface area contributed by atoms with Crippen LogP contribution in [-0.4, -0.2) is 64.5 Å². The number of hydrogen-bond donors (Lipinski definition) is 1. The van der Waals surface area contributed by atoms with E-state index in [1.54, 1.807) is 9.25 Å². The molecule has 5 rings (SSSR count). The van der Waals surface area contributed by atoms with Crippen LogP contribution in [0, 0.1) is 0 Å². The zero-order valence-corrected chi connectivity index (χ0v) is 19.9. The molecule has 2 saturated heterocycles. The van der Waals surface area contributed by atoms with Crippen molar-refractivity contribution in [2.24, 2.45) is 0 Å². The third-order valence-corrected chi connectivity index (χ3v) is 6.83. The number of aromatic nitrogens is 7. The fraction of sp³-hybridized carbons (Fsp3) is 0.667. The summed E-state index contributed by atoms with van der Waals surface area (Å²) in [6.45, 7) is 2.62. The Morgan fingerprint density at radius 2 is 1.94 bits per heavy atom. The van der Waals surface area contributed by atoms with Crippen molar-refractivity contribution in [3.8, 4) is 0 Å². The van der Waals surface area contributed by atoms with E-state index in [-0.39, 0.29) is 22.6 Å². The Morgan fingerprint density at radius 1 is 1.12 bits per heavy atom. The summed E-state index contributed by atoms with van der Waals surface area (Å²) in [6, 6.07) is -0.183. The maximum Gasteiger partial charge on any atom is 0.225 e. The number of unbranched alkanes of at least 4 members (excludes halogenated alkanes) is 5. The smallest absolute Gasteiger partial charge is 0.225 e. The number of ether oxygens (including phenoxy) is 2. The van der Waals surface area contributed by atoms with E-state index >= 15 is 0 Å². The largest absolute Gasteiger partial charge is 0.386 e. The van der Waals surface area contributed by atoms with Crippen molar-refractivity contribution in [2.45, 2.75) is 82.5 Å². The van der Waals surface area contributed by atoms with E-state index in [2.05, 4.69) is 32.2 Å². The maximum absolute atomic E-state index is 11.0. The molecule has 0 saturated carbocycles. The highest BCUT2D eigenvalue weighted by Crippen LogP contribution is 2.42. The van der Waals surface area contributed by atoms with Crippen LogP contribution in [0.2, 0.25) is 10.4 Å². The first kappa shape index (κ1) is 22.9. The van der Waals surface area contributed by atoms with E-state index in [9.17, 15) is 5.11 Å². The van der Waals surface area contributed by atoms with Gasteiger partial charge in [0.25, 0.3) is 0 Å². The van der Waals surface area contributed by atoms with Crippen molar-refractivity contribution in [1.29, 1.82) is 0 Å². The minimum Gasteiger partial charge on any atom is -0.386 e. The van der Waals surface area contributed by atoms with Gasteiger partial charge in [-0.25, -0.2) is 14.6 Å². The van der Waals surface area contributed by atoms with E-state index in [1.807, 2.05) is 6.20 Å². The summed E-state index contributed by atoms with van der Waals surface area (Å²) >= 11 is 12.1. The average Bonchev–Trinajstić information content (AvgIpc) is 3.55. The first-order valence-corrected chi connectivity index (χ1v) is 12.2. The van der Waals surface area contributed by atoms with Gasteiger partial charge in [-0.15, -0.1) is 5.10 Å². The van der Waals surface area contributed by atoms with Crippen LogP contribution in [0.25, 0.3) is 11.2 Å². The Balaban J connectivity index is 1.26. The van der Waals surface area contributed by atoms with Crippen LogP contribution < -0.4 is 0 Å². The van der Waals surface area contributed by atoms with Gasteiger partial charge in [-0.1, -0.05) is 55.8 Å². The molecular formula is C21H27Cl2N7O3. The molecule has 5 heterocycles. The lowest BCUT2D eigenvalue weighted by atomic mass is 10.1. The average molecular weight is 496 g/mol. The van der Waals surface area contributed by atoms with E-state index < -0.39 is 18.4 Å². The quantitative estimate of drug-likeness (QED) is 0.272. The minimum atomic E-state index is -0.920. The molecular weight excluding hydrogens is 469 g/mol. The highest BCUT2D eigenvalue weighted by Gasteiger charge is 2.54. The van der Waals surface area contributed by atoms with Crippen LogP contribution >= 0.6 is 23.2 Å². The van der Waals surface area contributed by atoms with Gasteiger partial charge < -0.3 is 14.6 Å². The Hall–Kier alpha value is -1.85. The minimum absolute atomic E-state index is 0.00318. The van der Waals surface area contributed by atoms with Crippen LogP contribution in [-0.2, 0) is 15.9 Å². The summed E-state index contributed by atoms with van der Waals surface area (Å²) in [7, 11) is 0. The van der Waals surface area contributed by atoms with E-state index in [0.717, 1.165) is 18.5 Å². The molecule has 1 N–H and O–H groups in total. The summed E-state index contributed by atoms with van der Waals surface area (Å²) in [5.74, 6) is 0. The third-order valence-electron chi connectivity index (χ3n) is 6.40. The number of aliphatic hydroxyl groups excluding tert-OH is 1. The first-order valence-electron chi connectivity index (χ1n) is 11.5. The highest BCUT2D eigenvalue weighted by molar-refractivity contribution is 6.35. The van der Waals surface area contributed by atoms with Crippen molar-refractivity contribution >= 4 is 34.4 Å². The zero-order valence-electron chi connectivity index (χ0n) is 18.3. The second-order valence-corrected chi connectivity index (χ2v) is 9.36. The Morgan fingerprint density at radius 3 is 2.79 bits per heavy atom. The second-order valence-electron chi connectivity index (χ2n) is 8.66. The molecule has 10 nitrogen and oxygen atoms in total. The van der Waals surface area contributed by atoms with Crippen molar-refractivity contribution in [3.63, 3.8) is 0 Å². The number of aryl methyl sites for hydroxylation is 1. The van der Waals surface area contributed by atoms with Gasteiger partial charge in [0.2, 0.25) is 5.28 Å². The van der Waals surface area contributed by atoms with Gasteiger partial charge in [-0.3, -0.25) is 4.57 Å².